The minimum Gasteiger partial charge on any atom is -0.493 e. The number of nitrogens with zero attached hydrogens (tertiary/aromatic N) is 1. The Morgan fingerprint density at radius 3 is 2.79 bits per heavy atom. The molecule has 0 bridgehead atoms. The summed E-state index contributed by atoms with van der Waals surface area (Å²) >= 11 is 0. The summed E-state index contributed by atoms with van der Waals surface area (Å²) in [5.41, 5.74) is 4.31. The number of aromatic amines is 1. The Morgan fingerprint density at radius 1 is 1.21 bits per heavy atom. The van der Waals surface area contributed by atoms with Crippen molar-refractivity contribution >= 4 is 11.0 Å². The average Bonchev–Trinajstić information content (AvgIpc) is 2.99. The Morgan fingerprint density at radius 2 is 2.04 bits per heavy atom. The van der Waals surface area contributed by atoms with Gasteiger partial charge in [-0.25, -0.2) is 4.98 Å². The molecule has 0 unspecified atom stereocenters. The van der Waals surface area contributed by atoms with E-state index in [9.17, 15) is 0 Å². The van der Waals surface area contributed by atoms with Crippen molar-refractivity contribution in [2.45, 2.75) is 26.4 Å². The van der Waals surface area contributed by atoms with Gasteiger partial charge in [0.05, 0.1) is 18.1 Å². The molecule has 0 aliphatic rings. The van der Waals surface area contributed by atoms with Crippen molar-refractivity contribution in [3.05, 3.63) is 66.0 Å². The molecule has 1 heterocycles. The van der Waals surface area contributed by atoms with Crippen LogP contribution in [0.2, 0.25) is 0 Å². The third-order valence-electron chi connectivity index (χ3n) is 3.95. The summed E-state index contributed by atoms with van der Waals surface area (Å²) < 4.78 is 11.5. The number of H-pyrrole nitrogens is 1. The minimum atomic E-state index is -0.211. The second-order valence-electron chi connectivity index (χ2n) is 5.88. The van der Waals surface area contributed by atoms with Crippen molar-refractivity contribution in [1.29, 1.82) is 0 Å². The number of benzene rings is 2. The van der Waals surface area contributed by atoms with Crippen LogP contribution in [0.1, 0.15) is 30.0 Å². The SMILES string of the molecule is C=CCc1ccc(O[C@H](C)c2nc3ccc(C)cc3[nH]2)c(OC)c1. The van der Waals surface area contributed by atoms with E-state index >= 15 is 0 Å². The monoisotopic (exact) mass is 322 g/mol. The number of ether oxygens (including phenoxy) is 2. The van der Waals surface area contributed by atoms with E-state index in [1.165, 1.54) is 5.56 Å². The number of nitrogens with one attached hydrogen (secondary N) is 1. The smallest absolute Gasteiger partial charge is 0.162 e. The number of aryl methyl sites for hydroxylation is 1. The van der Waals surface area contributed by atoms with E-state index in [1.54, 1.807) is 7.11 Å². The summed E-state index contributed by atoms with van der Waals surface area (Å²) in [7, 11) is 1.65. The average molecular weight is 322 g/mol. The van der Waals surface area contributed by atoms with Gasteiger partial charge in [-0.1, -0.05) is 18.2 Å². The molecule has 0 aliphatic heterocycles. The van der Waals surface area contributed by atoms with Gasteiger partial charge in [-0.2, -0.15) is 0 Å². The summed E-state index contributed by atoms with van der Waals surface area (Å²) in [4.78, 5) is 7.95. The maximum atomic E-state index is 6.07. The molecule has 0 aliphatic carbocycles. The first-order chi connectivity index (χ1) is 11.6. The summed E-state index contributed by atoms with van der Waals surface area (Å²) in [6.07, 6.45) is 2.46. The molecule has 0 amide bonds. The van der Waals surface area contributed by atoms with Crippen LogP contribution in [-0.4, -0.2) is 17.1 Å². The molecule has 1 N–H and O–H groups in total. The number of hydrogen-bond donors (Lipinski definition) is 1. The van der Waals surface area contributed by atoms with Gasteiger partial charge in [0.2, 0.25) is 0 Å². The number of methoxy groups -OCH3 is 1. The fourth-order valence-corrected chi connectivity index (χ4v) is 2.68. The molecule has 0 fully saturated rings. The Kier molecular flexibility index (Phi) is 4.56. The molecule has 0 spiro atoms. The van der Waals surface area contributed by atoms with Gasteiger partial charge in [0.25, 0.3) is 0 Å². The molecule has 2 aromatic carbocycles. The van der Waals surface area contributed by atoms with Crippen LogP contribution in [0.5, 0.6) is 11.5 Å². The topological polar surface area (TPSA) is 47.1 Å². The van der Waals surface area contributed by atoms with Gasteiger partial charge < -0.3 is 14.5 Å². The summed E-state index contributed by atoms with van der Waals surface area (Å²) in [5.74, 6) is 2.22. The maximum absolute atomic E-state index is 6.07. The zero-order valence-electron chi connectivity index (χ0n) is 14.3. The van der Waals surface area contributed by atoms with Crippen LogP contribution in [0.3, 0.4) is 0 Å². The highest BCUT2D eigenvalue weighted by Crippen LogP contribution is 2.32. The summed E-state index contributed by atoms with van der Waals surface area (Å²) in [6.45, 7) is 7.80. The van der Waals surface area contributed by atoms with Crippen molar-refractivity contribution in [2.24, 2.45) is 0 Å². The largest absolute Gasteiger partial charge is 0.493 e. The molecule has 124 valence electrons. The van der Waals surface area contributed by atoms with E-state index in [0.717, 1.165) is 28.8 Å². The minimum absolute atomic E-state index is 0.211. The molecule has 3 rings (SSSR count). The van der Waals surface area contributed by atoms with Crippen molar-refractivity contribution < 1.29 is 9.47 Å². The van der Waals surface area contributed by atoms with Crippen molar-refractivity contribution in [3.63, 3.8) is 0 Å². The van der Waals surface area contributed by atoms with E-state index in [1.807, 2.05) is 37.3 Å². The highest BCUT2D eigenvalue weighted by molar-refractivity contribution is 5.75. The van der Waals surface area contributed by atoms with Gasteiger partial charge >= 0.3 is 0 Å². The lowest BCUT2D eigenvalue weighted by Gasteiger charge is -2.16. The first-order valence-corrected chi connectivity index (χ1v) is 8.01. The lowest BCUT2D eigenvalue weighted by Crippen LogP contribution is -2.06. The van der Waals surface area contributed by atoms with Gasteiger partial charge in [-0.3, -0.25) is 0 Å². The lowest BCUT2D eigenvalue weighted by atomic mass is 10.1. The number of aromatic nitrogens is 2. The van der Waals surface area contributed by atoms with Crippen LogP contribution in [-0.2, 0) is 6.42 Å². The zero-order valence-corrected chi connectivity index (χ0v) is 14.3. The first kappa shape index (κ1) is 16.1. The van der Waals surface area contributed by atoms with E-state index in [4.69, 9.17) is 9.47 Å². The van der Waals surface area contributed by atoms with Gasteiger partial charge in [-0.05, 0) is 55.7 Å². The molecular formula is C20H22N2O2. The van der Waals surface area contributed by atoms with Crippen molar-refractivity contribution in [3.8, 4) is 11.5 Å². The second-order valence-corrected chi connectivity index (χ2v) is 5.88. The summed E-state index contributed by atoms with van der Waals surface area (Å²) in [5, 5.41) is 0. The number of imidazole rings is 1. The van der Waals surface area contributed by atoms with E-state index in [2.05, 4.69) is 35.6 Å². The Balaban J connectivity index is 1.84. The van der Waals surface area contributed by atoms with Crippen LogP contribution in [0, 0.1) is 6.92 Å². The third-order valence-corrected chi connectivity index (χ3v) is 3.95. The number of rotatable bonds is 6. The van der Waals surface area contributed by atoms with E-state index in [-0.39, 0.29) is 6.10 Å². The maximum Gasteiger partial charge on any atom is 0.162 e. The molecule has 0 radical (unpaired) electrons. The quantitative estimate of drug-likeness (QED) is 0.666. The molecule has 4 nitrogen and oxygen atoms in total. The lowest BCUT2D eigenvalue weighted by molar-refractivity contribution is 0.208. The van der Waals surface area contributed by atoms with E-state index in [0.29, 0.717) is 11.5 Å². The molecule has 3 aromatic rings. The Labute approximate surface area is 142 Å². The number of allylic oxidation sites excluding steroid dienone is 1. The van der Waals surface area contributed by atoms with Gasteiger partial charge in [0.15, 0.2) is 17.6 Å². The zero-order chi connectivity index (χ0) is 17.1. The standard InChI is InChI=1S/C20H22N2O2/c1-5-6-15-8-10-18(19(12-15)23-4)24-14(3)20-21-16-9-7-13(2)11-17(16)22-20/h5,7-12,14H,1,6H2,2-4H3,(H,21,22)/t14-/m1/s1. The fourth-order valence-electron chi connectivity index (χ4n) is 2.68. The van der Waals surface area contributed by atoms with Gasteiger partial charge in [0, 0.05) is 0 Å². The normalized spacial score (nSPS) is 12.1. The van der Waals surface area contributed by atoms with Crippen LogP contribution in [0.25, 0.3) is 11.0 Å². The van der Waals surface area contributed by atoms with Crippen LogP contribution in [0.15, 0.2) is 49.1 Å². The van der Waals surface area contributed by atoms with Crippen molar-refractivity contribution in [1.82, 2.24) is 9.97 Å². The molecule has 0 saturated carbocycles. The van der Waals surface area contributed by atoms with Crippen LogP contribution < -0.4 is 9.47 Å². The molecule has 4 heteroatoms. The molecule has 0 saturated heterocycles. The molecule has 1 aromatic heterocycles. The first-order valence-electron chi connectivity index (χ1n) is 8.01. The molecule has 24 heavy (non-hydrogen) atoms. The highest BCUT2D eigenvalue weighted by Gasteiger charge is 2.15. The second kappa shape index (κ2) is 6.79. The van der Waals surface area contributed by atoms with Crippen LogP contribution >= 0.6 is 0 Å². The van der Waals surface area contributed by atoms with Gasteiger partial charge in [0.1, 0.15) is 5.82 Å². The highest BCUT2D eigenvalue weighted by atomic mass is 16.5. The number of hydrogen-bond acceptors (Lipinski definition) is 3. The predicted octanol–water partition coefficient (Wildman–Crippen LogP) is 4.75. The number of fused-ring (bicyclic) bond motifs is 1. The van der Waals surface area contributed by atoms with Crippen molar-refractivity contribution in [2.75, 3.05) is 7.11 Å². The van der Waals surface area contributed by atoms with Gasteiger partial charge in [-0.15, -0.1) is 6.58 Å². The fraction of sp³-hybridized carbons (Fsp3) is 0.250. The Hall–Kier alpha value is -2.75. The molecule has 1 atom stereocenters. The van der Waals surface area contributed by atoms with Crippen LogP contribution in [0.4, 0.5) is 0 Å². The summed E-state index contributed by atoms with van der Waals surface area (Å²) in [6, 6.07) is 12.1. The Bertz CT molecular complexity index is 867. The predicted molar refractivity (Wildman–Crippen MR) is 96.8 cm³/mol. The molecular weight excluding hydrogens is 300 g/mol. The third kappa shape index (κ3) is 3.27. The van der Waals surface area contributed by atoms with E-state index < -0.39 is 0 Å².